The van der Waals surface area contributed by atoms with Gasteiger partial charge in [-0.25, -0.2) is 9.97 Å². The van der Waals surface area contributed by atoms with Gasteiger partial charge in [0.1, 0.15) is 5.76 Å². The number of furan rings is 1. The Morgan fingerprint density at radius 1 is 1.30 bits per heavy atom. The van der Waals surface area contributed by atoms with Gasteiger partial charge < -0.3 is 9.73 Å². The van der Waals surface area contributed by atoms with Crippen LogP contribution in [0.4, 0.5) is 5.13 Å². The summed E-state index contributed by atoms with van der Waals surface area (Å²) < 4.78 is 8.08. The fourth-order valence-corrected chi connectivity index (χ4v) is 3.63. The van der Waals surface area contributed by atoms with Crippen molar-refractivity contribution in [3.8, 4) is 0 Å². The van der Waals surface area contributed by atoms with Crippen LogP contribution in [0.3, 0.4) is 0 Å². The normalized spacial score (nSPS) is 11.1. The second kappa shape index (κ2) is 6.39. The van der Waals surface area contributed by atoms with E-state index < -0.39 is 0 Å². The molecule has 0 spiro atoms. The van der Waals surface area contributed by atoms with Gasteiger partial charge in [-0.1, -0.05) is 23.1 Å². The predicted molar refractivity (Wildman–Crippen MR) is 88.5 cm³/mol. The van der Waals surface area contributed by atoms with E-state index in [-0.39, 0.29) is 0 Å². The Morgan fingerprint density at radius 3 is 3.17 bits per heavy atom. The molecule has 7 nitrogen and oxygen atoms in total. The van der Waals surface area contributed by atoms with Crippen LogP contribution in [0.25, 0.3) is 5.78 Å². The van der Waals surface area contributed by atoms with Gasteiger partial charge in [-0.05, 0) is 18.2 Å². The molecule has 0 aliphatic carbocycles. The summed E-state index contributed by atoms with van der Waals surface area (Å²) in [5.74, 6) is 2.31. The van der Waals surface area contributed by atoms with Gasteiger partial charge in [0.05, 0.1) is 18.5 Å². The summed E-state index contributed by atoms with van der Waals surface area (Å²) in [5, 5.41) is 12.3. The number of fused-ring (bicyclic) bond motifs is 1. The van der Waals surface area contributed by atoms with Crippen molar-refractivity contribution in [1.82, 2.24) is 24.6 Å². The van der Waals surface area contributed by atoms with Crippen LogP contribution in [0.5, 0.6) is 0 Å². The summed E-state index contributed by atoms with van der Waals surface area (Å²) in [7, 11) is 0. The standard InChI is InChI=1S/C14H12N6OS2/c1-3-11(21-6-1)7-16-13-18-19-14(23-13)22-9-10-8-20-5-2-4-15-12(20)17-10/h1-6,8H,7,9H2,(H,16,18). The quantitative estimate of drug-likeness (QED) is 0.538. The van der Waals surface area contributed by atoms with E-state index in [0.29, 0.717) is 12.3 Å². The van der Waals surface area contributed by atoms with Crippen molar-refractivity contribution in [2.75, 3.05) is 5.32 Å². The minimum Gasteiger partial charge on any atom is -0.467 e. The highest BCUT2D eigenvalue weighted by molar-refractivity contribution is 8.00. The first-order valence-electron chi connectivity index (χ1n) is 6.88. The number of hydrogen-bond donors (Lipinski definition) is 1. The molecule has 0 aliphatic heterocycles. The molecule has 4 aromatic rings. The Labute approximate surface area is 139 Å². The largest absolute Gasteiger partial charge is 0.467 e. The van der Waals surface area contributed by atoms with Gasteiger partial charge in [0.15, 0.2) is 4.34 Å². The number of nitrogens with zero attached hydrogens (tertiary/aromatic N) is 5. The first-order chi connectivity index (χ1) is 11.4. The Bertz CT molecular complexity index is 868. The van der Waals surface area contributed by atoms with Crippen molar-refractivity contribution < 1.29 is 4.42 Å². The van der Waals surface area contributed by atoms with E-state index in [2.05, 4.69) is 25.5 Å². The minimum absolute atomic E-state index is 0.602. The lowest BCUT2D eigenvalue weighted by molar-refractivity contribution is 0.518. The maximum atomic E-state index is 5.27. The molecule has 0 bridgehead atoms. The van der Waals surface area contributed by atoms with E-state index in [4.69, 9.17) is 4.42 Å². The molecule has 4 rings (SSSR count). The van der Waals surface area contributed by atoms with E-state index in [1.165, 1.54) is 11.3 Å². The number of thioether (sulfide) groups is 1. The van der Waals surface area contributed by atoms with E-state index in [9.17, 15) is 0 Å². The van der Waals surface area contributed by atoms with Gasteiger partial charge in [-0.3, -0.25) is 4.40 Å². The van der Waals surface area contributed by atoms with Gasteiger partial charge in [0.2, 0.25) is 10.9 Å². The van der Waals surface area contributed by atoms with Crippen molar-refractivity contribution >= 4 is 34.0 Å². The average Bonchev–Trinajstić information content (AvgIpc) is 3.30. The lowest BCUT2D eigenvalue weighted by Crippen LogP contribution is -1.96. The van der Waals surface area contributed by atoms with Crippen LogP contribution < -0.4 is 5.32 Å². The minimum atomic E-state index is 0.602. The van der Waals surface area contributed by atoms with Crippen LogP contribution in [0.2, 0.25) is 0 Å². The van der Waals surface area contributed by atoms with Crippen LogP contribution in [0, 0.1) is 0 Å². The first kappa shape index (κ1) is 14.2. The maximum Gasteiger partial charge on any atom is 0.233 e. The van der Waals surface area contributed by atoms with Crippen molar-refractivity contribution in [1.29, 1.82) is 0 Å². The summed E-state index contributed by atoms with van der Waals surface area (Å²) in [5.41, 5.74) is 0.967. The van der Waals surface area contributed by atoms with Crippen LogP contribution in [0.1, 0.15) is 11.5 Å². The van der Waals surface area contributed by atoms with Crippen molar-refractivity contribution in [3.05, 3.63) is 54.5 Å². The molecule has 1 N–H and O–H groups in total. The van der Waals surface area contributed by atoms with Crippen LogP contribution in [-0.2, 0) is 12.3 Å². The summed E-state index contributed by atoms with van der Waals surface area (Å²) in [6, 6.07) is 5.66. The summed E-state index contributed by atoms with van der Waals surface area (Å²) in [6.07, 6.45) is 7.31. The molecule has 0 amide bonds. The molecule has 0 aromatic carbocycles. The first-order valence-corrected chi connectivity index (χ1v) is 8.68. The zero-order valence-corrected chi connectivity index (χ0v) is 13.5. The zero-order valence-electron chi connectivity index (χ0n) is 11.9. The third-order valence-corrected chi connectivity index (χ3v) is 5.08. The number of nitrogens with one attached hydrogen (secondary N) is 1. The Morgan fingerprint density at radius 2 is 2.30 bits per heavy atom. The van der Waals surface area contributed by atoms with E-state index in [0.717, 1.165) is 26.7 Å². The summed E-state index contributed by atoms with van der Waals surface area (Å²) in [6.45, 7) is 0.602. The molecule has 0 saturated heterocycles. The highest BCUT2D eigenvalue weighted by atomic mass is 32.2. The molecular formula is C14H12N6OS2. The molecule has 0 unspecified atom stereocenters. The van der Waals surface area contributed by atoms with E-state index in [1.54, 1.807) is 24.2 Å². The monoisotopic (exact) mass is 344 g/mol. The number of imidazole rings is 1. The van der Waals surface area contributed by atoms with Gasteiger partial charge in [0.25, 0.3) is 0 Å². The second-order valence-corrected chi connectivity index (χ2v) is 6.85. The topological polar surface area (TPSA) is 81.1 Å². The van der Waals surface area contributed by atoms with Crippen LogP contribution in [0.15, 0.2) is 51.8 Å². The smallest absolute Gasteiger partial charge is 0.233 e. The molecular weight excluding hydrogens is 332 g/mol. The van der Waals surface area contributed by atoms with E-state index >= 15 is 0 Å². The maximum absolute atomic E-state index is 5.27. The summed E-state index contributed by atoms with van der Waals surface area (Å²) in [4.78, 5) is 8.67. The molecule has 4 aromatic heterocycles. The van der Waals surface area contributed by atoms with Gasteiger partial charge in [-0.2, -0.15) is 0 Å². The lowest BCUT2D eigenvalue weighted by Gasteiger charge is -1.96. The predicted octanol–water partition coefficient (Wildman–Crippen LogP) is 3.08. The highest BCUT2D eigenvalue weighted by Crippen LogP contribution is 2.28. The van der Waals surface area contributed by atoms with Crippen molar-refractivity contribution in [2.24, 2.45) is 0 Å². The lowest BCUT2D eigenvalue weighted by atomic mass is 10.4. The average molecular weight is 344 g/mol. The molecule has 116 valence electrons. The van der Waals surface area contributed by atoms with E-state index in [1.807, 2.05) is 35.0 Å². The van der Waals surface area contributed by atoms with Crippen molar-refractivity contribution in [3.63, 3.8) is 0 Å². The Hall–Kier alpha value is -2.39. The number of aromatic nitrogens is 5. The molecule has 0 saturated carbocycles. The Balaban J connectivity index is 1.35. The fraction of sp³-hybridized carbons (Fsp3) is 0.143. The molecule has 0 aliphatic rings. The Kier molecular flexibility index (Phi) is 3.95. The van der Waals surface area contributed by atoms with Crippen LogP contribution >= 0.6 is 23.1 Å². The number of hydrogen-bond acceptors (Lipinski definition) is 8. The van der Waals surface area contributed by atoms with Gasteiger partial charge in [0, 0.05) is 24.3 Å². The van der Waals surface area contributed by atoms with Gasteiger partial charge >= 0.3 is 0 Å². The number of rotatable bonds is 6. The molecule has 0 fully saturated rings. The summed E-state index contributed by atoms with van der Waals surface area (Å²) >= 11 is 3.13. The fourth-order valence-electron chi connectivity index (χ4n) is 2.00. The number of anilines is 1. The second-order valence-electron chi connectivity index (χ2n) is 4.65. The third-order valence-electron chi connectivity index (χ3n) is 3.03. The molecule has 0 atom stereocenters. The molecule has 0 radical (unpaired) electrons. The molecule has 23 heavy (non-hydrogen) atoms. The SMILES string of the molecule is c1coc(CNc2nnc(SCc3cn4cccnc4n3)s2)c1. The van der Waals surface area contributed by atoms with Crippen LogP contribution in [-0.4, -0.2) is 24.6 Å². The van der Waals surface area contributed by atoms with Crippen molar-refractivity contribution in [2.45, 2.75) is 16.6 Å². The van der Waals surface area contributed by atoms with Gasteiger partial charge in [-0.15, -0.1) is 10.2 Å². The highest BCUT2D eigenvalue weighted by Gasteiger charge is 2.08. The zero-order chi connectivity index (χ0) is 15.5. The third kappa shape index (κ3) is 3.35. The molecule has 9 heteroatoms. The molecule has 4 heterocycles.